The van der Waals surface area contributed by atoms with Crippen LogP contribution in [0.3, 0.4) is 0 Å². The van der Waals surface area contributed by atoms with E-state index in [1.807, 2.05) is 0 Å². The maximum atomic E-state index is 15.1. The number of hydrazine groups is 1. The second-order valence-corrected chi connectivity index (χ2v) is 8.33. The molecule has 0 saturated carbocycles. The number of methoxy groups -OCH3 is 1. The van der Waals surface area contributed by atoms with Gasteiger partial charge in [-0.2, -0.15) is 0 Å². The summed E-state index contributed by atoms with van der Waals surface area (Å²) in [7, 11) is 1.41. The fourth-order valence-corrected chi connectivity index (χ4v) is 3.96. The summed E-state index contributed by atoms with van der Waals surface area (Å²) in [6.07, 6.45) is 1.82. The maximum Gasteiger partial charge on any atom is 0.414 e. The van der Waals surface area contributed by atoms with Crippen molar-refractivity contribution in [3.05, 3.63) is 48.3 Å². The van der Waals surface area contributed by atoms with Crippen LogP contribution in [0, 0.1) is 11.6 Å². The minimum atomic E-state index is -0.824. The molecule has 0 bridgehead atoms. The van der Waals surface area contributed by atoms with Crippen molar-refractivity contribution in [1.82, 2.24) is 20.7 Å². The molecule has 3 heterocycles. The number of pyridine rings is 1. The number of thiocarbonyl (C=S) groups is 1. The lowest BCUT2D eigenvalue weighted by atomic mass is 10.2. The van der Waals surface area contributed by atoms with Crippen LogP contribution in [0.1, 0.15) is 7.43 Å². The number of hydrogen-bond acceptors (Lipinski definition) is 8. The van der Waals surface area contributed by atoms with E-state index in [1.54, 1.807) is 24.5 Å². The van der Waals surface area contributed by atoms with Gasteiger partial charge in [-0.05, 0) is 24.4 Å². The first-order valence-electron chi connectivity index (χ1n) is 11.1. The van der Waals surface area contributed by atoms with E-state index in [2.05, 4.69) is 21.0 Å². The van der Waals surface area contributed by atoms with E-state index in [-0.39, 0.29) is 63.2 Å². The minimum Gasteiger partial charge on any atom is -0.474 e. The average Bonchev–Trinajstić information content (AvgIpc) is 3.07. The summed E-state index contributed by atoms with van der Waals surface area (Å²) in [4.78, 5) is 31.4. The third-order valence-electron chi connectivity index (χ3n) is 5.62. The number of carbonyl (C=O) groups excluding carboxylic acids is 2. The molecule has 0 spiro atoms. The lowest BCUT2D eigenvalue weighted by molar-refractivity contribution is 0.142. The van der Waals surface area contributed by atoms with E-state index in [9.17, 15) is 9.59 Å². The van der Waals surface area contributed by atoms with Crippen LogP contribution in [-0.2, 0) is 9.47 Å². The molecule has 2 saturated heterocycles. The molecule has 0 unspecified atom stereocenters. The highest BCUT2D eigenvalue weighted by Gasteiger charge is 2.34. The van der Waals surface area contributed by atoms with Crippen molar-refractivity contribution in [1.29, 1.82) is 0 Å². The molecule has 2 aliphatic rings. The van der Waals surface area contributed by atoms with E-state index in [0.717, 1.165) is 17.0 Å². The Morgan fingerprint density at radius 2 is 1.95 bits per heavy atom. The molecule has 4 rings (SSSR count). The van der Waals surface area contributed by atoms with Gasteiger partial charge in [0.1, 0.15) is 11.8 Å². The number of nitrogens with zero attached hydrogens (tertiary/aromatic N) is 4. The highest BCUT2D eigenvalue weighted by atomic mass is 32.1. The number of amides is 3. The number of ether oxygens (including phenoxy) is 2. The lowest BCUT2D eigenvalue weighted by Crippen LogP contribution is -2.46. The zero-order valence-corrected chi connectivity index (χ0v) is 20.2. The highest BCUT2D eigenvalue weighted by molar-refractivity contribution is 7.80. The molecule has 1 aromatic heterocycles. The predicted octanol–water partition coefficient (Wildman–Crippen LogP) is 2.70. The van der Waals surface area contributed by atoms with Gasteiger partial charge in [0, 0.05) is 49.8 Å². The molecule has 2 aliphatic heterocycles. The first-order chi connectivity index (χ1) is 17.4. The molecule has 37 heavy (non-hydrogen) atoms. The number of cyclic esters (lactones) is 1. The summed E-state index contributed by atoms with van der Waals surface area (Å²) in [6, 6.07) is 5.10. The van der Waals surface area contributed by atoms with Gasteiger partial charge in [0.2, 0.25) is 0 Å². The van der Waals surface area contributed by atoms with Gasteiger partial charge in [-0.1, -0.05) is 7.43 Å². The number of nitrogens with one attached hydrogen (secondary N) is 3. The van der Waals surface area contributed by atoms with Crippen LogP contribution in [0.2, 0.25) is 0 Å². The summed E-state index contributed by atoms with van der Waals surface area (Å²) in [5.74, 6) is -1.65. The summed E-state index contributed by atoms with van der Waals surface area (Å²) < 4.78 is 40.3. The monoisotopic (exact) mass is 537 g/mol. The molecular weight excluding hydrogens is 508 g/mol. The molecule has 3 amide bonds. The Bertz CT molecular complexity index is 1100. The molecular formula is C23H29F2N7O4S. The first kappa shape index (κ1) is 27.8. The number of rotatable bonds is 5. The summed E-state index contributed by atoms with van der Waals surface area (Å²) in [6.45, 7) is 1.18. The van der Waals surface area contributed by atoms with Gasteiger partial charge in [0.15, 0.2) is 11.6 Å². The predicted molar refractivity (Wildman–Crippen MR) is 138 cm³/mol. The van der Waals surface area contributed by atoms with E-state index in [0.29, 0.717) is 5.69 Å². The van der Waals surface area contributed by atoms with E-state index < -0.39 is 29.9 Å². The van der Waals surface area contributed by atoms with Crippen molar-refractivity contribution in [3.63, 3.8) is 0 Å². The lowest BCUT2D eigenvalue weighted by Gasteiger charge is -2.25. The van der Waals surface area contributed by atoms with Crippen molar-refractivity contribution in [2.75, 3.05) is 61.5 Å². The van der Waals surface area contributed by atoms with Crippen LogP contribution < -0.4 is 25.9 Å². The summed E-state index contributed by atoms with van der Waals surface area (Å²) in [5.41, 5.74) is 3.35. The van der Waals surface area contributed by atoms with E-state index in [4.69, 9.17) is 21.7 Å². The quantitative estimate of drug-likeness (QED) is 0.496. The second-order valence-electron chi connectivity index (χ2n) is 7.96. The molecule has 0 radical (unpaired) electrons. The molecule has 2 fully saturated rings. The third kappa shape index (κ3) is 6.71. The van der Waals surface area contributed by atoms with Crippen LogP contribution in [0.4, 0.5) is 35.4 Å². The van der Waals surface area contributed by atoms with Crippen molar-refractivity contribution < 1.29 is 27.8 Å². The molecule has 1 aromatic carbocycles. The van der Waals surface area contributed by atoms with E-state index >= 15 is 8.78 Å². The normalized spacial score (nSPS) is 17.4. The Labute approximate surface area is 218 Å². The second kappa shape index (κ2) is 12.5. The SMILES string of the molecule is C.COC(=S)NC[C@H]1CN(c2cc(F)c(N3CCNN(C(=O)Nc4ccncc4)CC3)c(F)c2)C(=O)O1. The van der Waals surface area contributed by atoms with Gasteiger partial charge in [0.25, 0.3) is 5.17 Å². The fourth-order valence-electron chi connectivity index (χ4n) is 3.87. The van der Waals surface area contributed by atoms with Crippen molar-refractivity contribution in [2.24, 2.45) is 0 Å². The maximum absolute atomic E-state index is 15.1. The number of carbonyl (C=O) groups is 2. The number of urea groups is 1. The smallest absolute Gasteiger partial charge is 0.414 e. The molecule has 3 N–H and O–H groups in total. The average molecular weight is 538 g/mol. The number of anilines is 3. The Hall–Kier alpha value is -3.78. The Balaban J connectivity index is 0.00000380. The number of halogens is 2. The van der Waals surface area contributed by atoms with Crippen molar-refractivity contribution in [3.8, 4) is 0 Å². The van der Waals surface area contributed by atoms with Gasteiger partial charge in [0.05, 0.1) is 32.4 Å². The van der Waals surface area contributed by atoms with Gasteiger partial charge in [-0.15, -0.1) is 0 Å². The zero-order chi connectivity index (χ0) is 25.7. The molecule has 1 atom stereocenters. The molecule has 2 aromatic rings. The van der Waals surface area contributed by atoms with Gasteiger partial charge >= 0.3 is 12.1 Å². The van der Waals surface area contributed by atoms with E-state index in [1.165, 1.54) is 17.0 Å². The first-order valence-corrected chi connectivity index (χ1v) is 11.5. The Kier molecular flexibility index (Phi) is 9.36. The van der Waals surface area contributed by atoms with Crippen molar-refractivity contribution >= 4 is 46.6 Å². The van der Waals surface area contributed by atoms with Crippen LogP contribution >= 0.6 is 12.2 Å². The summed E-state index contributed by atoms with van der Waals surface area (Å²) in [5, 5.41) is 7.01. The van der Waals surface area contributed by atoms with Crippen LogP contribution in [0.15, 0.2) is 36.7 Å². The van der Waals surface area contributed by atoms with Crippen LogP contribution in [0.5, 0.6) is 0 Å². The zero-order valence-electron chi connectivity index (χ0n) is 19.4. The Morgan fingerprint density at radius 3 is 2.62 bits per heavy atom. The standard InChI is InChI=1S/C22H25F2N7O4S.CH4/c1-34-21(36)26-12-16-13-30(22(33)35-16)15-10-17(23)19(18(24)11-15)29-7-6-27-31(9-8-29)20(32)28-14-2-4-25-5-3-14;/h2-5,10-11,16,27H,6-9,12-13H2,1H3,(H,26,36)(H,25,28,32);1H4/t16-;/m0./s1. The Morgan fingerprint density at radius 1 is 1.24 bits per heavy atom. The van der Waals surface area contributed by atoms with Crippen LogP contribution in [0.25, 0.3) is 0 Å². The highest BCUT2D eigenvalue weighted by Crippen LogP contribution is 2.31. The van der Waals surface area contributed by atoms with Gasteiger partial charge < -0.3 is 25.0 Å². The number of benzene rings is 1. The summed E-state index contributed by atoms with van der Waals surface area (Å²) >= 11 is 4.89. The largest absolute Gasteiger partial charge is 0.474 e. The molecule has 11 nitrogen and oxygen atoms in total. The molecule has 200 valence electrons. The fraction of sp³-hybridized carbons (Fsp3) is 0.391. The third-order valence-corrected chi connectivity index (χ3v) is 5.93. The molecule has 14 heteroatoms. The van der Waals surface area contributed by atoms with Gasteiger partial charge in [-0.3, -0.25) is 14.9 Å². The topological polar surface area (TPSA) is 111 Å². The number of aromatic nitrogens is 1. The van der Waals surface area contributed by atoms with Crippen molar-refractivity contribution in [2.45, 2.75) is 13.5 Å². The molecule has 0 aliphatic carbocycles. The number of hydrogen-bond donors (Lipinski definition) is 3. The van der Waals surface area contributed by atoms with Crippen LogP contribution in [-0.4, -0.2) is 79.8 Å². The van der Waals surface area contributed by atoms with Gasteiger partial charge in [-0.25, -0.2) is 23.8 Å². The minimum absolute atomic E-state index is 0.